The fraction of sp³-hybridized carbons (Fsp3) is 0.417. The summed E-state index contributed by atoms with van der Waals surface area (Å²) in [6, 6.07) is 5.31. The highest BCUT2D eigenvalue weighted by atomic mass is 19.1. The summed E-state index contributed by atoms with van der Waals surface area (Å²) in [6.07, 6.45) is 7.24. The molecule has 1 saturated heterocycles. The zero-order chi connectivity index (χ0) is 23.3. The lowest BCUT2D eigenvalue weighted by Crippen LogP contribution is -2.41. The second-order valence-corrected chi connectivity index (χ2v) is 8.07. The number of aromatic nitrogens is 2. The van der Waals surface area contributed by atoms with E-state index in [1.165, 1.54) is 6.21 Å². The summed E-state index contributed by atoms with van der Waals surface area (Å²) < 4.78 is 15.2. The Morgan fingerprint density at radius 2 is 2.22 bits per heavy atom. The molecule has 2 unspecified atom stereocenters. The molecule has 2 heterocycles. The number of anilines is 3. The van der Waals surface area contributed by atoms with E-state index in [0.717, 1.165) is 17.7 Å². The van der Waals surface area contributed by atoms with E-state index < -0.39 is 6.17 Å². The molecule has 0 radical (unpaired) electrons. The van der Waals surface area contributed by atoms with Crippen LogP contribution in [0.3, 0.4) is 0 Å². The van der Waals surface area contributed by atoms with Gasteiger partial charge in [0.25, 0.3) is 0 Å². The molecule has 168 valence electrons. The zero-order valence-electron chi connectivity index (χ0n) is 18.5. The third kappa shape index (κ3) is 5.48. The van der Waals surface area contributed by atoms with Gasteiger partial charge in [-0.1, -0.05) is 6.92 Å². The minimum atomic E-state index is -1.04. The number of carbonyl (C=O) groups is 1. The van der Waals surface area contributed by atoms with Crippen molar-refractivity contribution in [1.82, 2.24) is 14.9 Å². The Bertz CT molecular complexity index is 1050. The first-order valence-corrected chi connectivity index (χ1v) is 10.8. The first-order valence-electron chi connectivity index (χ1n) is 10.8. The number of nitrogens with zero attached hydrogens (tertiary/aromatic N) is 3. The van der Waals surface area contributed by atoms with Crippen LogP contribution in [-0.4, -0.2) is 52.7 Å². The number of alkyl halides is 1. The maximum Gasteiger partial charge on any atom is 0.208 e. The SMILES string of the molecule is C#Cc1nc(N)cc(Nc2cc(C3CCN(CCC(=O)CC)CC3F)c(C)cc2C=N)n1. The number of carbonyl (C=O) groups excluding carboxylic acids is 1. The Morgan fingerprint density at radius 1 is 1.44 bits per heavy atom. The van der Waals surface area contributed by atoms with E-state index in [9.17, 15) is 4.79 Å². The number of hydrogen-bond donors (Lipinski definition) is 3. The minimum absolute atomic E-state index is 0.161. The summed E-state index contributed by atoms with van der Waals surface area (Å²) in [4.78, 5) is 21.8. The molecular weight excluding hydrogens is 407 g/mol. The molecule has 0 aliphatic carbocycles. The van der Waals surface area contributed by atoms with Gasteiger partial charge >= 0.3 is 0 Å². The number of nitrogen functional groups attached to an aromatic ring is 1. The number of nitrogens with one attached hydrogen (secondary N) is 2. The molecule has 0 spiro atoms. The smallest absolute Gasteiger partial charge is 0.208 e. The van der Waals surface area contributed by atoms with Crippen LogP contribution in [-0.2, 0) is 4.79 Å². The average molecular weight is 437 g/mol. The highest BCUT2D eigenvalue weighted by Crippen LogP contribution is 2.35. The highest BCUT2D eigenvalue weighted by Gasteiger charge is 2.31. The number of benzene rings is 1. The lowest BCUT2D eigenvalue weighted by molar-refractivity contribution is -0.119. The zero-order valence-corrected chi connectivity index (χ0v) is 18.5. The summed E-state index contributed by atoms with van der Waals surface area (Å²) >= 11 is 0. The average Bonchev–Trinajstić information content (AvgIpc) is 2.78. The number of Topliss-reactive ketones (excluding diaryl/α,β-unsaturated/α-hetero) is 1. The standard InChI is InChI=1S/C24H29FN6O/c1-4-17(32)6-8-31-9-7-18(20(25)14-31)19-11-21(16(13-26)10-15(19)3)28-24-12-22(27)29-23(5-2)30-24/h2,10-13,18,20,26H,4,6-9,14H2,1,3H3,(H3,27,28,29,30). The lowest BCUT2D eigenvalue weighted by Gasteiger charge is -2.35. The second kappa shape index (κ2) is 10.3. The quantitative estimate of drug-likeness (QED) is 0.431. The van der Waals surface area contributed by atoms with E-state index in [-0.39, 0.29) is 23.3 Å². The fourth-order valence-electron chi connectivity index (χ4n) is 4.09. The van der Waals surface area contributed by atoms with Crippen molar-refractivity contribution in [2.24, 2.45) is 0 Å². The van der Waals surface area contributed by atoms with Crippen molar-refractivity contribution >= 4 is 29.3 Å². The Kier molecular flexibility index (Phi) is 7.54. The predicted molar refractivity (Wildman–Crippen MR) is 125 cm³/mol. The number of rotatable bonds is 8. The van der Waals surface area contributed by atoms with E-state index in [4.69, 9.17) is 17.6 Å². The number of aryl methyl sites for hydroxylation is 1. The van der Waals surface area contributed by atoms with Gasteiger partial charge in [-0.3, -0.25) is 9.69 Å². The van der Waals surface area contributed by atoms with Gasteiger partial charge in [0.2, 0.25) is 5.82 Å². The normalized spacial score (nSPS) is 18.7. The summed E-state index contributed by atoms with van der Waals surface area (Å²) in [5, 5.41) is 10.9. The summed E-state index contributed by atoms with van der Waals surface area (Å²) in [7, 11) is 0. The van der Waals surface area contributed by atoms with Crippen molar-refractivity contribution in [1.29, 1.82) is 5.41 Å². The van der Waals surface area contributed by atoms with Crippen molar-refractivity contribution in [2.45, 2.75) is 45.2 Å². The van der Waals surface area contributed by atoms with Crippen LogP contribution in [0, 0.1) is 24.7 Å². The number of nitrogens with two attached hydrogens (primary N) is 1. The molecule has 1 fully saturated rings. The van der Waals surface area contributed by atoms with Gasteiger partial charge in [-0.2, -0.15) is 0 Å². The molecule has 1 aliphatic rings. The van der Waals surface area contributed by atoms with Crippen LogP contribution in [0.5, 0.6) is 0 Å². The van der Waals surface area contributed by atoms with Crippen molar-refractivity contribution < 1.29 is 9.18 Å². The van der Waals surface area contributed by atoms with Crippen LogP contribution >= 0.6 is 0 Å². The summed E-state index contributed by atoms with van der Waals surface area (Å²) in [6.45, 7) is 5.44. The predicted octanol–water partition coefficient (Wildman–Crippen LogP) is 3.59. The van der Waals surface area contributed by atoms with Gasteiger partial charge in [0.05, 0.1) is 0 Å². The second-order valence-electron chi connectivity index (χ2n) is 8.07. The lowest BCUT2D eigenvalue weighted by atomic mass is 9.84. The molecule has 3 rings (SSSR count). The third-order valence-corrected chi connectivity index (χ3v) is 5.86. The van der Waals surface area contributed by atoms with Crippen molar-refractivity contribution in [3.63, 3.8) is 0 Å². The molecule has 0 bridgehead atoms. The van der Waals surface area contributed by atoms with E-state index in [1.54, 1.807) is 6.07 Å². The molecule has 2 aromatic rings. The van der Waals surface area contributed by atoms with Gasteiger partial charge in [0.1, 0.15) is 23.6 Å². The molecular formula is C24H29FN6O. The Balaban J connectivity index is 1.82. The number of terminal acetylenes is 1. The van der Waals surface area contributed by atoms with Gasteiger partial charge < -0.3 is 16.5 Å². The Hall–Kier alpha value is -3.31. The van der Waals surface area contributed by atoms with Gasteiger partial charge in [-0.15, -0.1) is 6.42 Å². The molecule has 8 heteroatoms. The highest BCUT2D eigenvalue weighted by molar-refractivity contribution is 5.88. The van der Waals surface area contributed by atoms with Gasteiger partial charge in [-0.05, 0) is 49.1 Å². The van der Waals surface area contributed by atoms with E-state index in [0.29, 0.717) is 49.4 Å². The monoisotopic (exact) mass is 436 g/mol. The Labute approximate surface area is 188 Å². The number of ketones is 1. The van der Waals surface area contributed by atoms with Crippen LogP contribution < -0.4 is 11.1 Å². The molecule has 4 N–H and O–H groups in total. The number of hydrogen-bond acceptors (Lipinski definition) is 7. The fourth-order valence-corrected chi connectivity index (χ4v) is 4.09. The van der Waals surface area contributed by atoms with Crippen molar-refractivity contribution in [3.8, 4) is 12.3 Å². The van der Waals surface area contributed by atoms with Gasteiger partial charge in [-0.25, -0.2) is 14.4 Å². The molecule has 2 atom stereocenters. The molecule has 1 aromatic carbocycles. The minimum Gasteiger partial charge on any atom is -0.383 e. The van der Waals surface area contributed by atoms with Crippen molar-refractivity contribution in [2.75, 3.05) is 30.7 Å². The number of halogens is 1. The van der Waals surface area contributed by atoms with Gasteiger partial charge in [0.15, 0.2) is 0 Å². The first kappa shape index (κ1) is 23.4. The molecule has 1 aromatic heterocycles. The van der Waals surface area contributed by atoms with Crippen LogP contribution in [0.1, 0.15) is 54.6 Å². The van der Waals surface area contributed by atoms with E-state index in [1.807, 2.05) is 30.9 Å². The van der Waals surface area contributed by atoms with Crippen molar-refractivity contribution in [3.05, 3.63) is 40.7 Å². The van der Waals surface area contributed by atoms with Gasteiger partial charge in [0, 0.05) is 55.4 Å². The third-order valence-electron chi connectivity index (χ3n) is 5.86. The molecule has 32 heavy (non-hydrogen) atoms. The van der Waals surface area contributed by atoms with Crippen LogP contribution in [0.25, 0.3) is 0 Å². The number of likely N-dealkylation sites (tertiary alicyclic amines) is 1. The van der Waals surface area contributed by atoms with Crippen LogP contribution in [0.4, 0.5) is 21.7 Å². The number of piperidine rings is 1. The molecule has 0 saturated carbocycles. The summed E-state index contributed by atoms with van der Waals surface area (Å²) in [5.74, 6) is 3.11. The van der Waals surface area contributed by atoms with E-state index in [2.05, 4.69) is 21.2 Å². The molecule has 0 amide bonds. The van der Waals surface area contributed by atoms with Crippen LogP contribution in [0.2, 0.25) is 0 Å². The van der Waals surface area contributed by atoms with Crippen LogP contribution in [0.15, 0.2) is 18.2 Å². The van der Waals surface area contributed by atoms with E-state index >= 15 is 4.39 Å². The first-order chi connectivity index (χ1) is 15.3. The summed E-state index contributed by atoms with van der Waals surface area (Å²) in [5.41, 5.74) is 8.92. The Morgan fingerprint density at radius 3 is 2.88 bits per heavy atom. The maximum absolute atomic E-state index is 15.2. The largest absolute Gasteiger partial charge is 0.383 e. The molecule has 7 nitrogen and oxygen atoms in total. The topological polar surface area (TPSA) is 108 Å². The maximum atomic E-state index is 15.2. The molecule has 1 aliphatic heterocycles.